The smallest absolute Gasteiger partial charge is 0.358 e. The van der Waals surface area contributed by atoms with E-state index in [0.717, 1.165) is 35.1 Å². The van der Waals surface area contributed by atoms with Crippen LogP contribution in [0.15, 0.2) is 60.8 Å². The Morgan fingerprint density at radius 1 is 1.15 bits per heavy atom. The predicted octanol–water partition coefficient (Wildman–Crippen LogP) is 5.56. The number of carboxylic acid groups (broad SMARTS) is 1. The van der Waals surface area contributed by atoms with Crippen molar-refractivity contribution >= 4 is 17.6 Å². The zero-order valence-corrected chi connectivity index (χ0v) is 15.3. The third-order valence-electron chi connectivity index (χ3n) is 4.62. The Morgan fingerprint density at radius 2 is 1.93 bits per heavy atom. The monoisotopic (exact) mass is 379 g/mol. The van der Waals surface area contributed by atoms with Gasteiger partial charge >= 0.3 is 5.97 Å². The minimum absolute atomic E-state index is 0.0430. The molecule has 1 aliphatic rings. The van der Waals surface area contributed by atoms with E-state index in [9.17, 15) is 9.90 Å². The number of carboxylic acids is 1. The predicted molar refractivity (Wildman–Crippen MR) is 104 cm³/mol. The first-order valence-corrected chi connectivity index (χ1v) is 9.20. The maximum atomic E-state index is 11.8. The first kappa shape index (κ1) is 17.6. The van der Waals surface area contributed by atoms with Crippen LogP contribution in [0.5, 0.6) is 5.75 Å². The molecule has 0 spiro atoms. The number of hydrogen-bond donors (Lipinski definition) is 1. The van der Waals surface area contributed by atoms with Gasteiger partial charge in [0, 0.05) is 22.3 Å². The summed E-state index contributed by atoms with van der Waals surface area (Å²) < 4.78 is 6.03. The van der Waals surface area contributed by atoms with Crippen LogP contribution in [0.4, 0.5) is 0 Å². The number of aromatic carboxylic acids is 1. The number of ether oxygens (including phenoxy) is 1. The van der Waals surface area contributed by atoms with Crippen LogP contribution in [0.25, 0.3) is 11.1 Å². The van der Waals surface area contributed by atoms with Gasteiger partial charge in [0.1, 0.15) is 6.61 Å². The minimum Gasteiger partial charge on any atom is -0.486 e. The van der Waals surface area contributed by atoms with Gasteiger partial charge in [0.05, 0.1) is 0 Å². The molecule has 1 fully saturated rings. The van der Waals surface area contributed by atoms with Crippen LogP contribution < -0.4 is 4.74 Å². The van der Waals surface area contributed by atoms with Gasteiger partial charge in [0.15, 0.2) is 11.4 Å². The van der Waals surface area contributed by atoms with Crippen molar-refractivity contribution in [2.24, 2.45) is 0 Å². The molecule has 1 aliphatic carbocycles. The Hall–Kier alpha value is -2.85. The second-order valence-electron chi connectivity index (χ2n) is 6.63. The molecule has 2 aromatic carbocycles. The molecule has 1 saturated carbocycles. The van der Waals surface area contributed by atoms with Crippen molar-refractivity contribution < 1.29 is 14.6 Å². The van der Waals surface area contributed by atoms with Crippen LogP contribution in [0.3, 0.4) is 0 Å². The Labute approximate surface area is 162 Å². The number of pyridine rings is 1. The first-order chi connectivity index (χ1) is 13.1. The number of benzene rings is 2. The molecule has 27 heavy (non-hydrogen) atoms. The highest BCUT2D eigenvalue weighted by Gasteiger charge is 2.33. The Balaban J connectivity index is 1.81. The quantitative estimate of drug-likeness (QED) is 0.609. The van der Waals surface area contributed by atoms with Gasteiger partial charge in [0.25, 0.3) is 0 Å². The number of rotatable bonds is 6. The molecule has 0 amide bonds. The van der Waals surface area contributed by atoms with Crippen LogP contribution in [0, 0.1) is 0 Å². The van der Waals surface area contributed by atoms with E-state index in [-0.39, 0.29) is 11.6 Å². The average molecular weight is 380 g/mol. The lowest BCUT2D eigenvalue weighted by Gasteiger charge is -2.17. The van der Waals surface area contributed by atoms with E-state index in [4.69, 9.17) is 16.3 Å². The highest BCUT2D eigenvalue weighted by atomic mass is 35.5. The maximum Gasteiger partial charge on any atom is 0.358 e. The van der Waals surface area contributed by atoms with Gasteiger partial charge in [-0.25, -0.2) is 9.78 Å². The van der Waals surface area contributed by atoms with Crippen molar-refractivity contribution in [2.45, 2.75) is 25.4 Å². The zero-order chi connectivity index (χ0) is 18.8. The van der Waals surface area contributed by atoms with E-state index in [2.05, 4.69) is 4.98 Å². The summed E-state index contributed by atoms with van der Waals surface area (Å²) in [7, 11) is 0. The molecule has 4 rings (SSSR count). The number of halogens is 1. The molecule has 4 nitrogen and oxygen atoms in total. The van der Waals surface area contributed by atoms with E-state index in [1.807, 2.05) is 54.6 Å². The highest BCUT2D eigenvalue weighted by molar-refractivity contribution is 6.30. The van der Waals surface area contributed by atoms with Crippen molar-refractivity contribution in [3.63, 3.8) is 0 Å². The van der Waals surface area contributed by atoms with Gasteiger partial charge in [-0.15, -0.1) is 0 Å². The molecular weight excluding hydrogens is 362 g/mol. The van der Waals surface area contributed by atoms with Gasteiger partial charge in [-0.05, 0) is 42.0 Å². The fourth-order valence-corrected chi connectivity index (χ4v) is 3.39. The molecule has 5 heteroatoms. The molecule has 0 unspecified atom stereocenters. The van der Waals surface area contributed by atoms with Crippen molar-refractivity contribution in [3.8, 4) is 16.9 Å². The topological polar surface area (TPSA) is 59.4 Å². The summed E-state index contributed by atoms with van der Waals surface area (Å²) in [6.07, 6.45) is 3.65. The van der Waals surface area contributed by atoms with E-state index in [1.165, 1.54) is 0 Å². The summed E-state index contributed by atoms with van der Waals surface area (Å²) in [6, 6.07) is 17.2. The number of aromatic nitrogens is 1. The Morgan fingerprint density at radius 3 is 2.59 bits per heavy atom. The fourth-order valence-electron chi connectivity index (χ4n) is 3.20. The summed E-state index contributed by atoms with van der Waals surface area (Å²) in [4.78, 5) is 16.0. The van der Waals surface area contributed by atoms with Gasteiger partial charge < -0.3 is 9.84 Å². The summed E-state index contributed by atoms with van der Waals surface area (Å²) in [5.41, 5.74) is 3.65. The second kappa shape index (κ2) is 7.41. The molecule has 0 aliphatic heterocycles. The zero-order valence-electron chi connectivity index (χ0n) is 14.6. The van der Waals surface area contributed by atoms with Crippen LogP contribution in [0.2, 0.25) is 5.02 Å². The lowest BCUT2D eigenvalue weighted by Crippen LogP contribution is -2.09. The molecule has 0 saturated heterocycles. The normalized spacial score (nSPS) is 13.4. The molecule has 0 bridgehead atoms. The molecule has 3 aromatic rings. The Bertz CT molecular complexity index is 984. The lowest BCUT2D eigenvalue weighted by atomic mass is 9.96. The number of hydrogen-bond acceptors (Lipinski definition) is 3. The largest absolute Gasteiger partial charge is 0.486 e. The molecular formula is C22H18ClNO3. The van der Waals surface area contributed by atoms with Crippen molar-refractivity contribution in [1.29, 1.82) is 0 Å². The van der Waals surface area contributed by atoms with Crippen LogP contribution in [-0.2, 0) is 6.61 Å². The number of nitrogens with zero attached hydrogens (tertiary/aromatic N) is 1. The third kappa shape index (κ3) is 3.81. The Kier molecular flexibility index (Phi) is 4.82. The van der Waals surface area contributed by atoms with Crippen LogP contribution in [0.1, 0.15) is 40.4 Å². The molecule has 1 aromatic heterocycles. The summed E-state index contributed by atoms with van der Waals surface area (Å²) in [5.74, 6) is -0.435. The standard InChI is InChI=1S/C22H18ClNO3/c23-17-8-4-7-16(11-17)18-12-24-20(22(25)26)21(19(18)15-9-10-15)27-13-14-5-2-1-3-6-14/h1-8,11-12,15H,9-10,13H2,(H,25,26). The van der Waals surface area contributed by atoms with Crippen molar-refractivity contribution in [1.82, 2.24) is 4.98 Å². The first-order valence-electron chi connectivity index (χ1n) is 8.82. The van der Waals surface area contributed by atoms with Crippen molar-refractivity contribution in [3.05, 3.63) is 82.6 Å². The fraction of sp³-hybridized carbons (Fsp3) is 0.182. The van der Waals surface area contributed by atoms with E-state index in [1.54, 1.807) is 6.20 Å². The van der Waals surface area contributed by atoms with E-state index >= 15 is 0 Å². The second-order valence-corrected chi connectivity index (χ2v) is 7.06. The molecule has 0 atom stereocenters. The third-order valence-corrected chi connectivity index (χ3v) is 4.86. The van der Waals surface area contributed by atoms with E-state index < -0.39 is 5.97 Å². The van der Waals surface area contributed by atoms with Crippen LogP contribution in [-0.4, -0.2) is 16.1 Å². The maximum absolute atomic E-state index is 11.8. The van der Waals surface area contributed by atoms with Gasteiger partial charge in [0.2, 0.25) is 0 Å². The summed E-state index contributed by atoms with van der Waals surface area (Å²) >= 11 is 6.16. The molecule has 0 radical (unpaired) electrons. The lowest BCUT2D eigenvalue weighted by molar-refractivity contribution is 0.0684. The van der Waals surface area contributed by atoms with Gasteiger partial charge in [-0.1, -0.05) is 54.1 Å². The summed E-state index contributed by atoms with van der Waals surface area (Å²) in [5, 5.41) is 10.3. The number of carbonyl (C=O) groups is 1. The van der Waals surface area contributed by atoms with E-state index in [0.29, 0.717) is 17.4 Å². The average Bonchev–Trinajstić information content (AvgIpc) is 3.51. The minimum atomic E-state index is -1.09. The molecule has 136 valence electrons. The van der Waals surface area contributed by atoms with Crippen molar-refractivity contribution in [2.75, 3.05) is 0 Å². The van der Waals surface area contributed by atoms with Gasteiger partial charge in [-0.2, -0.15) is 0 Å². The highest BCUT2D eigenvalue weighted by Crippen LogP contribution is 2.49. The summed E-state index contributed by atoms with van der Waals surface area (Å²) in [6.45, 7) is 0.293. The van der Waals surface area contributed by atoms with Gasteiger partial charge in [-0.3, -0.25) is 0 Å². The molecule has 1 N–H and O–H groups in total. The molecule has 1 heterocycles. The van der Waals surface area contributed by atoms with Crippen LogP contribution >= 0.6 is 11.6 Å². The SMILES string of the molecule is O=C(O)c1ncc(-c2cccc(Cl)c2)c(C2CC2)c1OCc1ccccc1.